The zero-order valence-corrected chi connectivity index (χ0v) is 14.3. The Morgan fingerprint density at radius 3 is 2.91 bits per heavy atom. The fourth-order valence-electron chi connectivity index (χ4n) is 2.70. The van der Waals surface area contributed by atoms with Gasteiger partial charge in [0.25, 0.3) is 0 Å². The third-order valence-electron chi connectivity index (χ3n) is 4.07. The second-order valence-electron chi connectivity index (χ2n) is 5.98. The second kappa shape index (κ2) is 6.28. The Kier molecular flexibility index (Phi) is 3.99. The number of benzene rings is 1. The van der Waals surface area contributed by atoms with Crippen molar-refractivity contribution in [3.63, 3.8) is 0 Å². The molecule has 1 aromatic carbocycles. The first kappa shape index (κ1) is 14.6. The maximum atomic E-state index is 4.63. The molecule has 3 aromatic rings. The Balaban J connectivity index is 1.37. The van der Waals surface area contributed by atoms with Crippen molar-refractivity contribution >= 4 is 27.4 Å². The van der Waals surface area contributed by atoms with Crippen LogP contribution < -0.4 is 5.32 Å². The molecule has 1 saturated carbocycles. The second-order valence-corrected chi connectivity index (χ2v) is 6.90. The SMILES string of the molecule is Brc1cccc(CCCNc2ccc3nnc(C4CC4)n3n2)c1. The minimum atomic E-state index is 0.546. The standard InChI is InChI=1S/C17H18BrN5/c18-14-5-1-3-12(11-14)4-2-10-19-15-8-9-16-20-21-17(13-6-7-13)23(16)22-15/h1,3,5,8-9,11,13H,2,4,6-7,10H2,(H,19,22). The number of hydrogen-bond acceptors (Lipinski definition) is 4. The summed E-state index contributed by atoms with van der Waals surface area (Å²) in [6, 6.07) is 12.4. The van der Waals surface area contributed by atoms with Gasteiger partial charge in [0.05, 0.1) is 0 Å². The highest BCUT2D eigenvalue weighted by Crippen LogP contribution is 2.38. The van der Waals surface area contributed by atoms with Crippen molar-refractivity contribution < 1.29 is 0 Å². The monoisotopic (exact) mass is 371 g/mol. The van der Waals surface area contributed by atoms with E-state index in [0.29, 0.717) is 5.92 Å². The summed E-state index contributed by atoms with van der Waals surface area (Å²) in [7, 11) is 0. The summed E-state index contributed by atoms with van der Waals surface area (Å²) < 4.78 is 3.02. The average molecular weight is 372 g/mol. The smallest absolute Gasteiger partial charge is 0.178 e. The van der Waals surface area contributed by atoms with Crippen molar-refractivity contribution in [2.24, 2.45) is 0 Å². The van der Waals surface area contributed by atoms with Crippen molar-refractivity contribution in [3.05, 3.63) is 52.3 Å². The van der Waals surface area contributed by atoms with Gasteiger partial charge in [-0.15, -0.1) is 15.3 Å². The number of halogens is 1. The van der Waals surface area contributed by atoms with E-state index in [4.69, 9.17) is 0 Å². The third kappa shape index (κ3) is 3.37. The highest BCUT2D eigenvalue weighted by atomic mass is 79.9. The first-order chi connectivity index (χ1) is 11.3. The molecule has 1 fully saturated rings. The molecule has 0 aliphatic heterocycles. The van der Waals surface area contributed by atoms with E-state index in [-0.39, 0.29) is 0 Å². The molecule has 2 aromatic heterocycles. The fraction of sp³-hybridized carbons (Fsp3) is 0.353. The van der Waals surface area contributed by atoms with E-state index in [1.54, 1.807) is 0 Å². The largest absolute Gasteiger partial charge is 0.369 e. The quantitative estimate of drug-likeness (QED) is 0.669. The van der Waals surface area contributed by atoms with E-state index in [9.17, 15) is 0 Å². The molecule has 6 heteroatoms. The average Bonchev–Trinajstić information content (AvgIpc) is 3.31. The molecule has 4 rings (SSSR count). The molecular weight excluding hydrogens is 354 g/mol. The van der Waals surface area contributed by atoms with Crippen LogP contribution in [0, 0.1) is 0 Å². The highest BCUT2D eigenvalue weighted by molar-refractivity contribution is 9.10. The number of hydrogen-bond donors (Lipinski definition) is 1. The van der Waals surface area contributed by atoms with Crippen molar-refractivity contribution in [1.82, 2.24) is 19.8 Å². The summed E-state index contributed by atoms with van der Waals surface area (Å²) in [4.78, 5) is 0. The minimum Gasteiger partial charge on any atom is -0.369 e. The van der Waals surface area contributed by atoms with Crippen LogP contribution in [0.25, 0.3) is 5.65 Å². The first-order valence-electron chi connectivity index (χ1n) is 8.00. The molecule has 0 atom stereocenters. The van der Waals surface area contributed by atoms with Crippen LogP contribution >= 0.6 is 15.9 Å². The van der Waals surface area contributed by atoms with E-state index in [1.165, 1.54) is 18.4 Å². The first-order valence-corrected chi connectivity index (χ1v) is 8.79. The van der Waals surface area contributed by atoms with Crippen molar-refractivity contribution in [3.8, 4) is 0 Å². The fourth-order valence-corrected chi connectivity index (χ4v) is 3.14. The molecule has 2 heterocycles. The number of aryl methyl sites for hydroxylation is 1. The topological polar surface area (TPSA) is 55.1 Å². The Morgan fingerprint density at radius 2 is 2.09 bits per heavy atom. The van der Waals surface area contributed by atoms with Crippen LogP contribution in [0.15, 0.2) is 40.9 Å². The summed E-state index contributed by atoms with van der Waals surface area (Å²) in [5.41, 5.74) is 2.17. The molecule has 1 N–H and O–H groups in total. The predicted molar refractivity (Wildman–Crippen MR) is 93.7 cm³/mol. The zero-order chi connectivity index (χ0) is 15.6. The Hall–Kier alpha value is -1.95. The summed E-state index contributed by atoms with van der Waals surface area (Å²) in [5.74, 6) is 2.43. The Labute approximate surface area is 143 Å². The van der Waals surface area contributed by atoms with E-state index in [0.717, 1.165) is 41.1 Å². The van der Waals surface area contributed by atoms with Gasteiger partial charge < -0.3 is 5.32 Å². The van der Waals surface area contributed by atoms with Gasteiger partial charge in [0.15, 0.2) is 11.5 Å². The van der Waals surface area contributed by atoms with Crippen LogP contribution in [0.1, 0.15) is 36.6 Å². The van der Waals surface area contributed by atoms with Gasteiger partial charge >= 0.3 is 0 Å². The molecule has 118 valence electrons. The van der Waals surface area contributed by atoms with Crippen LogP contribution in [-0.2, 0) is 6.42 Å². The molecular formula is C17H18BrN5. The van der Waals surface area contributed by atoms with Gasteiger partial charge in [0, 0.05) is 16.9 Å². The Morgan fingerprint density at radius 1 is 1.17 bits per heavy atom. The minimum absolute atomic E-state index is 0.546. The number of aromatic nitrogens is 4. The van der Waals surface area contributed by atoms with Gasteiger partial charge in [-0.25, -0.2) is 0 Å². The molecule has 0 bridgehead atoms. The van der Waals surface area contributed by atoms with Gasteiger partial charge in [-0.05, 0) is 55.5 Å². The van der Waals surface area contributed by atoms with Crippen molar-refractivity contribution in [2.45, 2.75) is 31.6 Å². The van der Waals surface area contributed by atoms with Crippen LogP contribution in [0.2, 0.25) is 0 Å². The van der Waals surface area contributed by atoms with E-state index in [2.05, 4.69) is 60.8 Å². The highest BCUT2D eigenvalue weighted by Gasteiger charge is 2.29. The third-order valence-corrected chi connectivity index (χ3v) is 4.56. The molecule has 1 aliphatic rings. The van der Waals surface area contributed by atoms with Crippen LogP contribution in [0.4, 0.5) is 5.82 Å². The molecule has 0 radical (unpaired) electrons. The van der Waals surface area contributed by atoms with E-state index < -0.39 is 0 Å². The van der Waals surface area contributed by atoms with Gasteiger partial charge in [-0.2, -0.15) is 4.52 Å². The summed E-state index contributed by atoms with van der Waals surface area (Å²) in [5, 5.41) is 16.5. The lowest BCUT2D eigenvalue weighted by molar-refractivity contribution is 0.804. The molecule has 5 nitrogen and oxygen atoms in total. The lowest BCUT2D eigenvalue weighted by Crippen LogP contribution is -2.07. The van der Waals surface area contributed by atoms with Crippen LogP contribution in [-0.4, -0.2) is 26.4 Å². The molecule has 0 spiro atoms. The van der Waals surface area contributed by atoms with Gasteiger partial charge in [0.2, 0.25) is 0 Å². The lowest BCUT2D eigenvalue weighted by atomic mass is 10.1. The van der Waals surface area contributed by atoms with Crippen LogP contribution in [0.5, 0.6) is 0 Å². The number of anilines is 1. The predicted octanol–water partition coefficient (Wildman–Crippen LogP) is 3.81. The van der Waals surface area contributed by atoms with Crippen molar-refractivity contribution in [1.29, 1.82) is 0 Å². The molecule has 0 saturated heterocycles. The lowest BCUT2D eigenvalue weighted by Gasteiger charge is -2.06. The maximum Gasteiger partial charge on any atom is 0.178 e. The van der Waals surface area contributed by atoms with Gasteiger partial charge in [-0.3, -0.25) is 0 Å². The normalized spacial score (nSPS) is 14.3. The number of fused-ring (bicyclic) bond motifs is 1. The zero-order valence-electron chi connectivity index (χ0n) is 12.7. The van der Waals surface area contributed by atoms with Gasteiger partial charge in [-0.1, -0.05) is 28.1 Å². The van der Waals surface area contributed by atoms with Gasteiger partial charge in [0.1, 0.15) is 5.82 Å². The Bertz CT molecular complexity index is 825. The van der Waals surface area contributed by atoms with E-state index >= 15 is 0 Å². The number of rotatable bonds is 6. The summed E-state index contributed by atoms with van der Waals surface area (Å²) in [6.45, 7) is 0.895. The molecule has 23 heavy (non-hydrogen) atoms. The number of nitrogens with one attached hydrogen (secondary N) is 1. The maximum absolute atomic E-state index is 4.63. The van der Waals surface area contributed by atoms with E-state index in [1.807, 2.05) is 16.6 Å². The summed E-state index contributed by atoms with van der Waals surface area (Å²) >= 11 is 3.51. The van der Waals surface area contributed by atoms with Crippen molar-refractivity contribution in [2.75, 3.05) is 11.9 Å². The van der Waals surface area contributed by atoms with Crippen LogP contribution in [0.3, 0.4) is 0 Å². The molecule has 0 unspecified atom stereocenters. The molecule has 0 amide bonds. The number of nitrogens with zero attached hydrogens (tertiary/aromatic N) is 4. The summed E-state index contributed by atoms with van der Waals surface area (Å²) in [6.07, 6.45) is 4.52. The molecule has 1 aliphatic carbocycles.